The molecule has 100 valence electrons. The molecule has 1 atom stereocenters. The molecule has 1 heterocycles. The number of hydrogen-bond acceptors (Lipinski definition) is 4. The molecule has 0 spiro atoms. The Morgan fingerprint density at radius 1 is 1.28 bits per heavy atom. The van der Waals surface area contributed by atoms with Gasteiger partial charge in [0.25, 0.3) is 0 Å². The molecule has 1 saturated heterocycles. The summed E-state index contributed by atoms with van der Waals surface area (Å²) in [5, 5.41) is 13.2. The third-order valence-corrected chi connectivity index (χ3v) is 3.65. The van der Waals surface area contributed by atoms with Crippen molar-refractivity contribution >= 4 is 22.6 Å². The van der Waals surface area contributed by atoms with Gasteiger partial charge >= 0.3 is 0 Å². The molecule has 0 aromatic heterocycles. The summed E-state index contributed by atoms with van der Waals surface area (Å²) in [4.78, 5) is 2.26. The molecular weight excluding hydrogens is 343 g/mol. The van der Waals surface area contributed by atoms with Crippen molar-refractivity contribution in [3.63, 3.8) is 0 Å². The average molecular weight is 362 g/mol. The Labute approximate surface area is 121 Å². The van der Waals surface area contributed by atoms with E-state index >= 15 is 0 Å². The summed E-state index contributed by atoms with van der Waals surface area (Å²) < 4.78 is 6.75. The maximum Gasteiger partial charge on any atom is 0.119 e. The van der Waals surface area contributed by atoms with Gasteiger partial charge in [-0.2, -0.15) is 0 Å². The van der Waals surface area contributed by atoms with Gasteiger partial charge in [-0.1, -0.05) is 0 Å². The number of piperazine rings is 1. The van der Waals surface area contributed by atoms with E-state index in [2.05, 4.69) is 32.8 Å². The van der Waals surface area contributed by atoms with Crippen molar-refractivity contribution in [1.82, 2.24) is 10.2 Å². The molecule has 0 radical (unpaired) electrons. The Morgan fingerprint density at radius 2 is 1.94 bits per heavy atom. The third-order valence-electron chi connectivity index (χ3n) is 2.93. The standard InChI is InChI=1S/C13H19IN2O2/c14-11-1-3-13(4-2-11)18-10-12(17)9-16-7-5-15-6-8-16/h1-4,12,15,17H,5-10H2. The van der Waals surface area contributed by atoms with Crippen LogP contribution >= 0.6 is 22.6 Å². The van der Waals surface area contributed by atoms with Crippen molar-refractivity contribution in [2.75, 3.05) is 39.3 Å². The fraction of sp³-hybridized carbons (Fsp3) is 0.538. The smallest absolute Gasteiger partial charge is 0.119 e. The van der Waals surface area contributed by atoms with Gasteiger partial charge in [0.05, 0.1) is 0 Å². The molecule has 18 heavy (non-hydrogen) atoms. The maximum atomic E-state index is 9.93. The van der Waals surface area contributed by atoms with E-state index in [0.717, 1.165) is 31.9 Å². The number of ether oxygens (including phenoxy) is 1. The lowest BCUT2D eigenvalue weighted by molar-refractivity contribution is 0.0641. The second-order valence-corrected chi connectivity index (χ2v) is 5.71. The summed E-state index contributed by atoms with van der Waals surface area (Å²) in [7, 11) is 0. The Hall–Kier alpha value is -0.370. The van der Waals surface area contributed by atoms with Crippen LogP contribution in [0.2, 0.25) is 0 Å². The summed E-state index contributed by atoms with van der Waals surface area (Å²) in [6, 6.07) is 7.86. The largest absolute Gasteiger partial charge is 0.491 e. The predicted molar refractivity (Wildman–Crippen MR) is 80.0 cm³/mol. The number of aliphatic hydroxyl groups excluding tert-OH is 1. The van der Waals surface area contributed by atoms with E-state index in [-0.39, 0.29) is 0 Å². The van der Waals surface area contributed by atoms with Crippen molar-refractivity contribution < 1.29 is 9.84 Å². The molecule has 1 unspecified atom stereocenters. The molecule has 5 heteroatoms. The Kier molecular flexibility index (Phi) is 5.68. The number of β-amino-alcohol motifs (C(OH)–C–C–N with tert-alkyl or cyclic N) is 1. The first kappa shape index (κ1) is 14.0. The van der Waals surface area contributed by atoms with Crippen LogP contribution in [0.25, 0.3) is 0 Å². The molecule has 2 rings (SSSR count). The number of rotatable bonds is 5. The second-order valence-electron chi connectivity index (χ2n) is 4.47. The molecular formula is C13H19IN2O2. The molecule has 0 saturated carbocycles. The van der Waals surface area contributed by atoms with Gasteiger partial charge in [-0.05, 0) is 46.9 Å². The van der Waals surface area contributed by atoms with Crippen LogP contribution in [-0.2, 0) is 0 Å². The van der Waals surface area contributed by atoms with Crippen LogP contribution in [0, 0.1) is 3.57 Å². The summed E-state index contributed by atoms with van der Waals surface area (Å²) in [6.45, 7) is 5.05. The highest BCUT2D eigenvalue weighted by Gasteiger charge is 2.14. The number of benzene rings is 1. The predicted octanol–water partition coefficient (Wildman–Crippen LogP) is 0.936. The van der Waals surface area contributed by atoms with Crippen LogP contribution in [-0.4, -0.2) is 55.4 Å². The molecule has 1 aliphatic rings. The summed E-state index contributed by atoms with van der Waals surface area (Å²) in [6.07, 6.45) is -0.428. The molecule has 4 nitrogen and oxygen atoms in total. The van der Waals surface area contributed by atoms with Gasteiger partial charge in [0.15, 0.2) is 0 Å². The molecule has 1 aromatic rings. The molecule has 1 fully saturated rings. The maximum absolute atomic E-state index is 9.93. The minimum absolute atomic E-state index is 0.352. The first-order chi connectivity index (χ1) is 8.74. The van der Waals surface area contributed by atoms with E-state index in [9.17, 15) is 5.11 Å². The van der Waals surface area contributed by atoms with Crippen LogP contribution in [0.5, 0.6) is 5.75 Å². The van der Waals surface area contributed by atoms with Crippen molar-refractivity contribution in [2.24, 2.45) is 0 Å². The van der Waals surface area contributed by atoms with E-state index < -0.39 is 6.10 Å². The van der Waals surface area contributed by atoms with Gasteiger partial charge in [-0.3, -0.25) is 4.90 Å². The molecule has 1 aromatic carbocycles. The van der Waals surface area contributed by atoms with Gasteiger partial charge in [-0.15, -0.1) is 0 Å². The highest BCUT2D eigenvalue weighted by molar-refractivity contribution is 14.1. The fourth-order valence-corrected chi connectivity index (χ4v) is 2.33. The zero-order chi connectivity index (χ0) is 12.8. The van der Waals surface area contributed by atoms with E-state index in [1.165, 1.54) is 3.57 Å². The first-order valence-corrected chi connectivity index (χ1v) is 7.31. The monoisotopic (exact) mass is 362 g/mol. The highest BCUT2D eigenvalue weighted by Crippen LogP contribution is 2.13. The van der Waals surface area contributed by atoms with E-state index in [4.69, 9.17) is 4.74 Å². The zero-order valence-corrected chi connectivity index (χ0v) is 12.5. The fourth-order valence-electron chi connectivity index (χ4n) is 1.97. The van der Waals surface area contributed by atoms with Gasteiger partial charge in [0, 0.05) is 36.3 Å². The Morgan fingerprint density at radius 3 is 2.61 bits per heavy atom. The Balaban J connectivity index is 1.70. The lowest BCUT2D eigenvalue weighted by Crippen LogP contribution is -2.47. The van der Waals surface area contributed by atoms with Crippen molar-refractivity contribution in [1.29, 1.82) is 0 Å². The second kappa shape index (κ2) is 7.28. The van der Waals surface area contributed by atoms with Gasteiger partial charge < -0.3 is 15.2 Å². The van der Waals surface area contributed by atoms with Crippen LogP contribution in [0.15, 0.2) is 24.3 Å². The SMILES string of the molecule is OC(COc1ccc(I)cc1)CN1CCNCC1. The number of hydrogen-bond donors (Lipinski definition) is 2. The van der Waals surface area contributed by atoms with Gasteiger partial charge in [-0.25, -0.2) is 0 Å². The molecule has 1 aliphatic heterocycles. The minimum Gasteiger partial charge on any atom is -0.491 e. The first-order valence-electron chi connectivity index (χ1n) is 6.23. The number of nitrogens with zero attached hydrogens (tertiary/aromatic N) is 1. The zero-order valence-electron chi connectivity index (χ0n) is 10.3. The molecule has 0 bridgehead atoms. The molecule has 0 amide bonds. The minimum atomic E-state index is -0.428. The number of nitrogens with one attached hydrogen (secondary N) is 1. The number of aliphatic hydroxyl groups is 1. The van der Waals surface area contributed by atoms with E-state index in [1.54, 1.807) is 0 Å². The van der Waals surface area contributed by atoms with Crippen molar-refractivity contribution in [2.45, 2.75) is 6.10 Å². The van der Waals surface area contributed by atoms with Crippen LogP contribution in [0.3, 0.4) is 0 Å². The topological polar surface area (TPSA) is 44.7 Å². The molecule has 0 aliphatic carbocycles. The van der Waals surface area contributed by atoms with Crippen LogP contribution in [0.1, 0.15) is 0 Å². The highest BCUT2D eigenvalue weighted by atomic mass is 127. The third kappa shape index (κ3) is 4.72. The lowest BCUT2D eigenvalue weighted by Gasteiger charge is -2.28. The molecule has 2 N–H and O–H groups in total. The van der Waals surface area contributed by atoms with Crippen molar-refractivity contribution in [3.05, 3.63) is 27.8 Å². The normalized spacial score (nSPS) is 18.6. The lowest BCUT2D eigenvalue weighted by atomic mass is 10.3. The van der Waals surface area contributed by atoms with Gasteiger partial charge in [0.1, 0.15) is 18.5 Å². The summed E-state index contributed by atoms with van der Waals surface area (Å²) in [5.41, 5.74) is 0. The van der Waals surface area contributed by atoms with Crippen LogP contribution < -0.4 is 10.1 Å². The van der Waals surface area contributed by atoms with E-state index in [1.807, 2.05) is 24.3 Å². The summed E-state index contributed by atoms with van der Waals surface area (Å²) >= 11 is 2.26. The average Bonchev–Trinajstić information content (AvgIpc) is 2.39. The summed E-state index contributed by atoms with van der Waals surface area (Å²) in [5.74, 6) is 0.815. The van der Waals surface area contributed by atoms with E-state index in [0.29, 0.717) is 13.2 Å². The van der Waals surface area contributed by atoms with Gasteiger partial charge in [0.2, 0.25) is 0 Å². The van der Waals surface area contributed by atoms with Crippen LogP contribution in [0.4, 0.5) is 0 Å². The van der Waals surface area contributed by atoms with Crippen molar-refractivity contribution in [3.8, 4) is 5.75 Å². The Bertz CT molecular complexity index is 353. The number of halogens is 1. The quantitative estimate of drug-likeness (QED) is 0.766.